The molecule has 0 saturated heterocycles. The van der Waals surface area contributed by atoms with Gasteiger partial charge in [0, 0.05) is 12.8 Å². The van der Waals surface area contributed by atoms with E-state index in [9.17, 15) is 19.2 Å². The maximum atomic E-state index is 11.8. The molecule has 29 heavy (non-hydrogen) atoms. The fraction of sp³-hybridized carbons (Fsp3) is 0.826. The average Bonchev–Trinajstić information content (AvgIpc) is 2.54. The Labute approximate surface area is 177 Å². The summed E-state index contributed by atoms with van der Waals surface area (Å²) in [5.74, 6) is -1.56. The summed E-state index contributed by atoms with van der Waals surface area (Å²) in [5, 5.41) is 0. The third-order valence-corrected chi connectivity index (χ3v) is 5.68. The van der Waals surface area contributed by atoms with Crippen LogP contribution in [-0.2, 0) is 28.7 Å². The topological polar surface area (TPSA) is 86.7 Å². The molecule has 0 radical (unpaired) electrons. The van der Waals surface area contributed by atoms with Gasteiger partial charge in [0.1, 0.15) is 0 Å². The zero-order valence-corrected chi connectivity index (χ0v) is 20.4. The van der Waals surface area contributed by atoms with Crippen LogP contribution in [0.25, 0.3) is 0 Å². The molecule has 6 heteroatoms. The minimum absolute atomic E-state index is 0.157. The second-order valence-electron chi connectivity index (χ2n) is 9.77. The van der Waals surface area contributed by atoms with Crippen LogP contribution in [0.2, 0.25) is 0 Å². The normalized spacial score (nSPS) is 12.0. The van der Waals surface area contributed by atoms with Crippen LogP contribution in [-0.4, -0.2) is 23.9 Å². The summed E-state index contributed by atoms with van der Waals surface area (Å²) in [6, 6.07) is 0. The van der Waals surface area contributed by atoms with E-state index in [-0.39, 0.29) is 11.3 Å². The summed E-state index contributed by atoms with van der Waals surface area (Å²) < 4.78 is 9.54. The molecule has 0 aromatic heterocycles. The van der Waals surface area contributed by atoms with E-state index in [0.29, 0.717) is 25.7 Å². The van der Waals surface area contributed by atoms with Gasteiger partial charge in [0.2, 0.25) is 0 Å². The molecular weight excluding hydrogens is 372 g/mol. The second kappa shape index (κ2) is 12.1. The molecule has 0 spiro atoms. The van der Waals surface area contributed by atoms with Gasteiger partial charge in [-0.05, 0) is 51.9 Å². The smallest absolute Gasteiger partial charge is 0.319 e. The average molecular weight is 415 g/mol. The lowest BCUT2D eigenvalue weighted by Gasteiger charge is -2.35. The fourth-order valence-corrected chi connectivity index (χ4v) is 1.52. The molecule has 0 aliphatic carbocycles. The van der Waals surface area contributed by atoms with Gasteiger partial charge in [-0.3, -0.25) is 19.2 Å². The molecule has 0 aliphatic heterocycles. The van der Waals surface area contributed by atoms with Crippen LogP contribution in [0.1, 0.15) is 102 Å². The van der Waals surface area contributed by atoms with Gasteiger partial charge < -0.3 is 9.47 Å². The molecule has 0 aliphatic rings. The first-order valence-electron chi connectivity index (χ1n) is 10.4. The third kappa shape index (κ3) is 10.0. The monoisotopic (exact) mass is 414 g/mol. The van der Waals surface area contributed by atoms with E-state index in [4.69, 9.17) is 9.47 Å². The van der Waals surface area contributed by atoms with E-state index in [1.807, 2.05) is 48.5 Å². The van der Waals surface area contributed by atoms with Crippen molar-refractivity contribution in [2.24, 2.45) is 22.2 Å². The van der Waals surface area contributed by atoms with Gasteiger partial charge in [-0.25, -0.2) is 0 Å². The molecular formula is C23H42O6. The fourth-order valence-electron chi connectivity index (χ4n) is 1.52. The summed E-state index contributed by atoms with van der Waals surface area (Å²) in [5.41, 5.74) is -1.48. The number of hydrogen-bond donors (Lipinski definition) is 0. The van der Waals surface area contributed by atoms with E-state index < -0.39 is 34.7 Å². The van der Waals surface area contributed by atoms with Crippen molar-refractivity contribution in [1.29, 1.82) is 0 Å². The quantitative estimate of drug-likeness (QED) is 0.406. The minimum atomic E-state index is -0.656. The Morgan fingerprint density at radius 2 is 1.03 bits per heavy atom. The molecule has 0 aromatic rings. The van der Waals surface area contributed by atoms with Crippen LogP contribution in [0, 0.1) is 22.2 Å². The van der Waals surface area contributed by atoms with Gasteiger partial charge in [0.05, 0.1) is 10.8 Å². The van der Waals surface area contributed by atoms with Crippen molar-refractivity contribution in [3.05, 3.63) is 0 Å². The van der Waals surface area contributed by atoms with Crippen molar-refractivity contribution >= 4 is 23.9 Å². The molecule has 0 atom stereocenters. The van der Waals surface area contributed by atoms with Gasteiger partial charge in [0.25, 0.3) is 0 Å². The highest BCUT2D eigenvalue weighted by Crippen LogP contribution is 2.38. The number of ether oxygens (including phenoxy) is 2. The highest BCUT2D eigenvalue weighted by atomic mass is 16.6. The predicted molar refractivity (Wildman–Crippen MR) is 114 cm³/mol. The van der Waals surface area contributed by atoms with Gasteiger partial charge in [-0.1, -0.05) is 48.5 Å². The highest BCUT2D eigenvalue weighted by Gasteiger charge is 2.42. The SMILES string of the molecule is CCCC(=O)OC(=O)C(C)(C)C(C)(C)C.CCCC(=O)OC(=O)C(C)(C)C(C)C. The van der Waals surface area contributed by atoms with Crippen LogP contribution in [0.5, 0.6) is 0 Å². The summed E-state index contributed by atoms with van der Waals surface area (Å²) in [4.78, 5) is 45.6. The Morgan fingerprint density at radius 1 is 0.690 bits per heavy atom. The maximum Gasteiger partial charge on any atom is 0.319 e. The van der Waals surface area contributed by atoms with Crippen molar-refractivity contribution in [3.63, 3.8) is 0 Å². The molecule has 0 saturated carbocycles. The molecule has 0 N–H and O–H groups in total. The van der Waals surface area contributed by atoms with Crippen LogP contribution in [0.4, 0.5) is 0 Å². The van der Waals surface area contributed by atoms with E-state index in [1.54, 1.807) is 27.7 Å². The van der Waals surface area contributed by atoms with E-state index in [1.165, 1.54) is 0 Å². The first kappa shape index (κ1) is 29.5. The third-order valence-electron chi connectivity index (χ3n) is 5.68. The van der Waals surface area contributed by atoms with Crippen molar-refractivity contribution in [2.75, 3.05) is 0 Å². The van der Waals surface area contributed by atoms with Crippen molar-refractivity contribution in [3.8, 4) is 0 Å². The second-order valence-corrected chi connectivity index (χ2v) is 9.77. The van der Waals surface area contributed by atoms with Gasteiger partial charge in [-0.15, -0.1) is 0 Å². The Bertz CT molecular complexity index is 564. The lowest BCUT2D eigenvalue weighted by Crippen LogP contribution is -2.39. The molecule has 170 valence electrons. The molecule has 0 bridgehead atoms. The van der Waals surface area contributed by atoms with Crippen LogP contribution in [0.15, 0.2) is 0 Å². The first-order chi connectivity index (χ1) is 12.9. The Morgan fingerprint density at radius 3 is 1.31 bits per heavy atom. The lowest BCUT2D eigenvalue weighted by molar-refractivity contribution is -0.171. The standard InChI is InChI=1S/C12H22O3.C11H20O3/c1-7-8-9(13)15-10(14)12(5,6)11(2,3)4;1-6-7-9(12)14-10(13)11(4,5)8(2)3/h7-8H2,1-6H3;8H,6-7H2,1-5H3. The first-order valence-corrected chi connectivity index (χ1v) is 10.4. The van der Waals surface area contributed by atoms with E-state index in [0.717, 1.165) is 0 Å². The Kier molecular flexibility index (Phi) is 12.3. The zero-order valence-electron chi connectivity index (χ0n) is 20.4. The van der Waals surface area contributed by atoms with Crippen molar-refractivity contribution in [1.82, 2.24) is 0 Å². The Balaban J connectivity index is 0. The molecule has 0 amide bonds. The number of rotatable bonds is 7. The summed E-state index contributed by atoms with van der Waals surface area (Å²) in [7, 11) is 0. The molecule has 6 nitrogen and oxygen atoms in total. The number of carbonyl (C=O) groups is 4. The number of esters is 4. The highest BCUT2D eigenvalue weighted by molar-refractivity contribution is 5.89. The van der Waals surface area contributed by atoms with Crippen LogP contribution < -0.4 is 0 Å². The maximum absolute atomic E-state index is 11.8. The lowest BCUT2D eigenvalue weighted by atomic mass is 9.69. The molecule has 0 heterocycles. The predicted octanol–water partition coefficient (Wildman–Crippen LogP) is 5.47. The van der Waals surface area contributed by atoms with Crippen LogP contribution >= 0.6 is 0 Å². The van der Waals surface area contributed by atoms with Crippen LogP contribution in [0.3, 0.4) is 0 Å². The van der Waals surface area contributed by atoms with Gasteiger partial charge >= 0.3 is 23.9 Å². The summed E-state index contributed by atoms with van der Waals surface area (Å²) in [6.07, 6.45) is 2.00. The molecule has 0 unspecified atom stereocenters. The summed E-state index contributed by atoms with van der Waals surface area (Å²) in [6.45, 7) is 20.7. The van der Waals surface area contributed by atoms with Gasteiger partial charge in [-0.2, -0.15) is 0 Å². The molecule has 0 aromatic carbocycles. The van der Waals surface area contributed by atoms with Crippen molar-refractivity contribution < 1.29 is 28.7 Å². The van der Waals surface area contributed by atoms with Crippen molar-refractivity contribution in [2.45, 2.75) is 102 Å². The minimum Gasteiger partial charge on any atom is -0.393 e. The summed E-state index contributed by atoms with van der Waals surface area (Å²) >= 11 is 0. The molecule has 0 rings (SSSR count). The largest absolute Gasteiger partial charge is 0.393 e. The number of hydrogen-bond acceptors (Lipinski definition) is 6. The molecule has 0 fully saturated rings. The number of carbonyl (C=O) groups excluding carboxylic acids is 4. The van der Waals surface area contributed by atoms with Gasteiger partial charge in [0.15, 0.2) is 0 Å². The van der Waals surface area contributed by atoms with E-state index in [2.05, 4.69) is 0 Å². The zero-order chi connectivity index (χ0) is 23.6. The Hall–Kier alpha value is -1.72. The van der Waals surface area contributed by atoms with E-state index >= 15 is 0 Å².